The zero-order valence-electron chi connectivity index (χ0n) is 11.1. The van der Waals surface area contributed by atoms with Crippen LogP contribution in [0.5, 0.6) is 0 Å². The summed E-state index contributed by atoms with van der Waals surface area (Å²) in [4.78, 5) is 12.0. The van der Waals surface area contributed by atoms with Crippen molar-refractivity contribution < 1.29 is 4.79 Å². The molecule has 1 rings (SSSR count). The van der Waals surface area contributed by atoms with E-state index in [1.165, 1.54) is 0 Å². The number of amides is 1. The number of aryl methyl sites for hydroxylation is 1. The molecule has 1 aromatic carbocycles. The largest absolute Gasteiger partial charge is 0.350 e. The SMILES string of the molecule is Cc1cccc(C(=O)NCC(N)C(C)C)c1C. The third-order valence-corrected chi connectivity index (χ3v) is 3.20. The van der Waals surface area contributed by atoms with Crippen molar-refractivity contribution in [3.8, 4) is 0 Å². The number of carbonyl (C=O) groups excluding carboxylic acids is 1. The first-order valence-corrected chi connectivity index (χ1v) is 6.03. The van der Waals surface area contributed by atoms with E-state index >= 15 is 0 Å². The first-order chi connectivity index (χ1) is 7.93. The van der Waals surface area contributed by atoms with Crippen LogP contribution in [0, 0.1) is 19.8 Å². The van der Waals surface area contributed by atoms with Gasteiger partial charge in [0.15, 0.2) is 0 Å². The average Bonchev–Trinajstić information content (AvgIpc) is 2.29. The number of nitrogens with one attached hydrogen (secondary N) is 1. The summed E-state index contributed by atoms with van der Waals surface area (Å²) in [6, 6.07) is 5.76. The molecule has 3 N–H and O–H groups in total. The summed E-state index contributed by atoms with van der Waals surface area (Å²) in [6.45, 7) is 8.59. The summed E-state index contributed by atoms with van der Waals surface area (Å²) < 4.78 is 0. The van der Waals surface area contributed by atoms with Crippen molar-refractivity contribution in [2.24, 2.45) is 11.7 Å². The summed E-state index contributed by atoms with van der Waals surface area (Å²) in [5.74, 6) is 0.330. The molecule has 0 aliphatic carbocycles. The predicted octanol–water partition coefficient (Wildman–Crippen LogP) is 2.02. The van der Waals surface area contributed by atoms with Crippen molar-refractivity contribution in [3.05, 3.63) is 34.9 Å². The van der Waals surface area contributed by atoms with Gasteiger partial charge in [-0.05, 0) is 37.0 Å². The van der Waals surface area contributed by atoms with Crippen LogP contribution in [0.2, 0.25) is 0 Å². The van der Waals surface area contributed by atoms with E-state index in [2.05, 4.69) is 19.2 Å². The molecule has 1 amide bonds. The van der Waals surface area contributed by atoms with E-state index in [0.717, 1.165) is 16.7 Å². The van der Waals surface area contributed by atoms with Crippen molar-refractivity contribution in [1.29, 1.82) is 0 Å². The molecule has 0 heterocycles. The van der Waals surface area contributed by atoms with E-state index in [9.17, 15) is 4.79 Å². The molecular weight excluding hydrogens is 212 g/mol. The van der Waals surface area contributed by atoms with Gasteiger partial charge in [-0.1, -0.05) is 26.0 Å². The van der Waals surface area contributed by atoms with Crippen LogP contribution in [0.3, 0.4) is 0 Å². The highest BCUT2D eigenvalue weighted by Gasteiger charge is 2.12. The highest BCUT2D eigenvalue weighted by atomic mass is 16.1. The maximum Gasteiger partial charge on any atom is 0.251 e. The van der Waals surface area contributed by atoms with Crippen LogP contribution in [0.25, 0.3) is 0 Å². The molecule has 0 aliphatic heterocycles. The number of nitrogens with two attached hydrogens (primary N) is 1. The van der Waals surface area contributed by atoms with Crippen molar-refractivity contribution in [3.63, 3.8) is 0 Å². The van der Waals surface area contributed by atoms with Gasteiger partial charge in [-0.2, -0.15) is 0 Å². The highest BCUT2D eigenvalue weighted by molar-refractivity contribution is 5.95. The Bertz CT molecular complexity index is 399. The maximum atomic E-state index is 12.0. The molecule has 0 radical (unpaired) electrons. The van der Waals surface area contributed by atoms with Crippen LogP contribution in [0.1, 0.15) is 35.3 Å². The fraction of sp³-hybridized carbons (Fsp3) is 0.500. The van der Waals surface area contributed by atoms with Crippen molar-refractivity contribution in [2.45, 2.75) is 33.7 Å². The summed E-state index contributed by atoms with van der Waals surface area (Å²) in [5, 5.41) is 2.88. The lowest BCUT2D eigenvalue weighted by Crippen LogP contribution is -2.40. The lowest BCUT2D eigenvalue weighted by molar-refractivity contribution is 0.0948. The second-order valence-electron chi connectivity index (χ2n) is 4.87. The third kappa shape index (κ3) is 3.56. The van der Waals surface area contributed by atoms with Gasteiger partial charge in [0.25, 0.3) is 5.91 Å². The van der Waals surface area contributed by atoms with E-state index in [1.807, 2.05) is 32.0 Å². The normalized spacial score (nSPS) is 12.6. The molecule has 17 heavy (non-hydrogen) atoms. The Kier molecular flexibility index (Phi) is 4.70. The lowest BCUT2D eigenvalue weighted by Gasteiger charge is -2.17. The van der Waals surface area contributed by atoms with Gasteiger partial charge in [-0.15, -0.1) is 0 Å². The zero-order chi connectivity index (χ0) is 13.0. The smallest absolute Gasteiger partial charge is 0.251 e. The van der Waals surface area contributed by atoms with Crippen LogP contribution in [0.4, 0.5) is 0 Å². The molecule has 1 aromatic rings. The van der Waals surface area contributed by atoms with E-state index in [-0.39, 0.29) is 11.9 Å². The first kappa shape index (κ1) is 13.7. The van der Waals surface area contributed by atoms with Crippen molar-refractivity contribution >= 4 is 5.91 Å². The van der Waals surface area contributed by atoms with Gasteiger partial charge in [-0.3, -0.25) is 4.79 Å². The van der Waals surface area contributed by atoms with Gasteiger partial charge in [-0.25, -0.2) is 0 Å². The Balaban J connectivity index is 2.68. The fourth-order valence-corrected chi connectivity index (χ4v) is 1.54. The second kappa shape index (κ2) is 5.82. The van der Waals surface area contributed by atoms with Crippen LogP contribution < -0.4 is 11.1 Å². The minimum absolute atomic E-state index is 0.00376. The monoisotopic (exact) mass is 234 g/mol. The van der Waals surface area contributed by atoms with Gasteiger partial charge >= 0.3 is 0 Å². The Morgan fingerprint density at radius 2 is 2.00 bits per heavy atom. The molecule has 94 valence electrons. The molecule has 3 nitrogen and oxygen atoms in total. The molecule has 0 fully saturated rings. The average molecular weight is 234 g/mol. The highest BCUT2D eigenvalue weighted by Crippen LogP contribution is 2.12. The quantitative estimate of drug-likeness (QED) is 0.837. The first-order valence-electron chi connectivity index (χ1n) is 6.03. The summed E-state index contributed by atoms with van der Waals surface area (Å²) in [6.07, 6.45) is 0. The Hall–Kier alpha value is -1.35. The molecule has 1 unspecified atom stereocenters. The minimum atomic E-state index is -0.0395. The third-order valence-electron chi connectivity index (χ3n) is 3.20. The number of rotatable bonds is 4. The maximum absolute atomic E-state index is 12.0. The number of carbonyl (C=O) groups is 1. The molecule has 0 aromatic heterocycles. The van der Waals surface area contributed by atoms with Gasteiger partial charge in [0.1, 0.15) is 0 Å². The molecule has 0 spiro atoms. The second-order valence-corrected chi connectivity index (χ2v) is 4.87. The van der Waals surface area contributed by atoms with Crippen molar-refractivity contribution in [2.75, 3.05) is 6.54 Å². The summed E-state index contributed by atoms with van der Waals surface area (Å²) >= 11 is 0. The predicted molar refractivity (Wildman–Crippen MR) is 71.1 cm³/mol. The molecule has 3 heteroatoms. The van der Waals surface area contributed by atoms with Gasteiger partial charge in [0, 0.05) is 18.2 Å². The Labute approximate surface area is 103 Å². The van der Waals surface area contributed by atoms with Gasteiger partial charge < -0.3 is 11.1 Å². The van der Waals surface area contributed by atoms with Crippen molar-refractivity contribution in [1.82, 2.24) is 5.32 Å². The molecule has 0 aliphatic rings. The molecule has 1 atom stereocenters. The van der Waals surface area contributed by atoms with Gasteiger partial charge in [0.2, 0.25) is 0 Å². The standard InChI is InChI=1S/C14H22N2O/c1-9(2)13(15)8-16-14(17)12-7-5-6-10(3)11(12)4/h5-7,9,13H,8,15H2,1-4H3,(H,16,17). The Morgan fingerprint density at radius 3 is 2.59 bits per heavy atom. The van der Waals surface area contributed by atoms with Gasteiger partial charge in [0.05, 0.1) is 0 Å². The minimum Gasteiger partial charge on any atom is -0.350 e. The van der Waals surface area contributed by atoms with E-state index in [1.54, 1.807) is 0 Å². The summed E-state index contributed by atoms with van der Waals surface area (Å²) in [7, 11) is 0. The topological polar surface area (TPSA) is 55.1 Å². The van der Waals surface area contributed by atoms with E-state index < -0.39 is 0 Å². The zero-order valence-corrected chi connectivity index (χ0v) is 11.1. The van der Waals surface area contributed by atoms with Crippen LogP contribution in [0.15, 0.2) is 18.2 Å². The number of hydrogen-bond donors (Lipinski definition) is 2. The van der Waals surface area contributed by atoms with Crippen LogP contribution >= 0.6 is 0 Å². The molecular formula is C14H22N2O. The lowest BCUT2D eigenvalue weighted by atomic mass is 10.0. The number of hydrogen-bond acceptors (Lipinski definition) is 2. The van der Waals surface area contributed by atoms with Crippen LogP contribution in [-0.2, 0) is 0 Å². The number of benzene rings is 1. The van der Waals surface area contributed by atoms with E-state index in [4.69, 9.17) is 5.73 Å². The van der Waals surface area contributed by atoms with E-state index in [0.29, 0.717) is 12.5 Å². The molecule has 0 saturated heterocycles. The molecule has 0 saturated carbocycles. The summed E-state index contributed by atoms with van der Waals surface area (Å²) in [5.41, 5.74) is 8.79. The Morgan fingerprint density at radius 1 is 1.35 bits per heavy atom. The fourth-order valence-electron chi connectivity index (χ4n) is 1.54. The molecule has 0 bridgehead atoms. The van der Waals surface area contributed by atoms with Crippen LogP contribution in [-0.4, -0.2) is 18.5 Å².